The molecule has 1 aromatic carbocycles. The zero-order valence-corrected chi connectivity index (χ0v) is 19.9. The Bertz CT molecular complexity index is 1540. The van der Waals surface area contributed by atoms with Crippen molar-refractivity contribution in [1.29, 1.82) is 0 Å². The van der Waals surface area contributed by atoms with Gasteiger partial charge >= 0.3 is 0 Å². The van der Waals surface area contributed by atoms with Crippen molar-refractivity contribution in [3.05, 3.63) is 70.5 Å². The number of aromatic amines is 1. The first-order valence-electron chi connectivity index (χ1n) is 12.7. The number of hydrogen-bond acceptors (Lipinski definition) is 6. The van der Waals surface area contributed by atoms with Gasteiger partial charge in [-0.15, -0.1) is 0 Å². The molecule has 4 aromatic rings. The SMILES string of the molecule is O=C(NC1CC2(C1)CC(c1n[nH]c(=O)c3ccccc13)C2)c1cnc2cc(N3CC[C@@H](O)C3)ccn12. The number of aliphatic hydroxyl groups is 1. The van der Waals surface area contributed by atoms with Crippen LogP contribution in [-0.4, -0.2) is 55.8 Å². The Balaban J connectivity index is 0.992. The van der Waals surface area contributed by atoms with E-state index in [1.807, 2.05) is 47.0 Å². The molecule has 9 heteroatoms. The van der Waals surface area contributed by atoms with Crippen LogP contribution >= 0.6 is 0 Å². The van der Waals surface area contributed by atoms with E-state index in [0.29, 0.717) is 23.5 Å². The number of nitrogens with zero attached hydrogens (tertiary/aromatic N) is 4. The molecule has 3 fully saturated rings. The van der Waals surface area contributed by atoms with Crippen molar-refractivity contribution in [1.82, 2.24) is 24.9 Å². The van der Waals surface area contributed by atoms with E-state index in [1.54, 1.807) is 6.20 Å². The fourth-order valence-corrected chi connectivity index (χ4v) is 6.62. The summed E-state index contributed by atoms with van der Waals surface area (Å²) in [5.41, 5.74) is 3.38. The molecule has 1 spiro atoms. The van der Waals surface area contributed by atoms with Crippen LogP contribution in [0.5, 0.6) is 0 Å². The average molecular weight is 485 g/mol. The molecule has 0 radical (unpaired) electrons. The van der Waals surface area contributed by atoms with Gasteiger partial charge in [-0.3, -0.25) is 14.0 Å². The second kappa shape index (κ2) is 7.89. The number of H-pyrrole nitrogens is 1. The first-order chi connectivity index (χ1) is 17.5. The number of aromatic nitrogens is 4. The van der Waals surface area contributed by atoms with Crippen LogP contribution in [0, 0.1) is 5.41 Å². The molecule has 0 unspecified atom stereocenters. The third-order valence-corrected chi connectivity index (χ3v) is 8.42. The normalized spacial score (nSPS) is 27.4. The van der Waals surface area contributed by atoms with Crippen LogP contribution in [0.2, 0.25) is 0 Å². The third-order valence-electron chi connectivity index (χ3n) is 8.42. The highest BCUT2D eigenvalue weighted by molar-refractivity contribution is 5.93. The third kappa shape index (κ3) is 3.41. The Hall–Kier alpha value is -3.72. The Morgan fingerprint density at radius 1 is 1.14 bits per heavy atom. The van der Waals surface area contributed by atoms with Crippen molar-refractivity contribution in [2.75, 3.05) is 18.0 Å². The van der Waals surface area contributed by atoms with E-state index in [2.05, 4.69) is 25.4 Å². The number of fused-ring (bicyclic) bond motifs is 2. The van der Waals surface area contributed by atoms with E-state index in [4.69, 9.17) is 0 Å². The maximum Gasteiger partial charge on any atom is 0.272 e. The number of benzene rings is 1. The van der Waals surface area contributed by atoms with Gasteiger partial charge in [0.1, 0.15) is 11.3 Å². The van der Waals surface area contributed by atoms with Gasteiger partial charge in [0.2, 0.25) is 0 Å². The molecular weight excluding hydrogens is 456 g/mol. The Morgan fingerprint density at radius 3 is 2.72 bits per heavy atom. The first kappa shape index (κ1) is 21.6. The summed E-state index contributed by atoms with van der Waals surface area (Å²) in [6.45, 7) is 1.45. The molecule has 3 N–H and O–H groups in total. The summed E-state index contributed by atoms with van der Waals surface area (Å²) >= 11 is 0. The summed E-state index contributed by atoms with van der Waals surface area (Å²) in [6.07, 6.45) is 8.01. The first-order valence-corrected chi connectivity index (χ1v) is 12.7. The number of rotatable bonds is 4. The molecule has 7 rings (SSSR count). The van der Waals surface area contributed by atoms with Gasteiger partial charge in [0.15, 0.2) is 0 Å². The maximum absolute atomic E-state index is 13.0. The van der Waals surface area contributed by atoms with E-state index in [0.717, 1.165) is 61.1 Å². The highest BCUT2D eigenvalue weighted by atomic mass is 16.3. The fourth-order valence-electron chi connectivity index (χ4n) is 6.62. The predicted octanol–water partition coefficient (Wildman–Crippen LogP) is 2.60. The van der Waals surface area contributed by atoms with Gasteiger partial charge in [0, 0.05) is 48.4 Å². The van der Waals surface area contributed by atoms with Gasteiger partial charge in [-0.2, -0.15) is 5.10 Å². The van der Waals surface area contributed by atoms with E-state index in [-0.39, 0.29) is 29.0 Å². The minimum absolute atomic E-state index is 0.101. The lowest BCUT2D eigenvalue weighted by molar-refractivity contribution is -0.0197. The molecule has 184 valence electrons. The number of pyridine rings is 1. The van der Waals surface area contributed by atoms with Crippen LogP contribution in [0.25, 0.3) is 16.4 Å². The van der Waals surface area contributed by atoms with E-state index in [9.17, 15) is 14.7 Å². The summed E-state index contributed by atoms with van der Waals surface area (Å²) in [5, 5.41) is 21.7. The highest BCUT2D eigenvalue weighted by Crippen LogP contribution is 2.62. The number of nitrogens with one attached hydrogen (secondary N) is 2. The lowest BCUT2D eigenvalue weighted by Gasteiger charge is -2.57. The number of amides is 1. The zero-order chi connectivity index (χ0) is 24.4. The second-order valence-corrected chi connectivity index (χ2v) is 10.8. The largest absolute Gasteiger partial charge is 0.391 e. The van der Waals surface area contributed by atoms with Gasteiger partial charge < -0.3 is 15.3 Å². The van der Waals surface area contributed by atoms with Gasteiger partial charge in [0.25, 0.3) is 11.5 Å². The molecular formula is C27H28N6O3. The number of anilines is 1. The zero-order valence-electron chi connectivity index (χ0n) is 19.9. The minimum Gasteiger partial charge on any atom is -0.391 e. The van der Waals surface area contributed by atoms with Gasteiger partial charge in [-0.1, -0.05) is 18.2 Å². The lowest BCUT2D eigenvalue weighted by atomic mass is 9.49. The summed E-state index contributed by atoms with van der Waals surface area (Å²) in [4.78, 5) is 31.7. The number of hydrogen-bond donors (Lipinski definition) is 3. The molecule has 1 saturated heterocycles. The van der Waals surface area contributed by atoms with Crippen LogP contribution < -0.4 is 15.8 Å². The summed E-state index contributed by atoms with van der Waals surface area (Å²) in [7, 11) is 0. The molecule has 3 aliphatic rings. The molecule has 1 amide bonds. The van der Waals surface area contributed by atoms with Crippen LogP contribution in [0.3, 0.4) is 0 Å². The van der Waals surface area contributed by atoms with Gasteiger partial charge in [0.05, 0.1) is 23.4 Å². The molecule has 2 aliphatic carbocycles. The Morgan fingerprint density at radius 2 is 1.94 bits per heavy atom. The summed E-state index contributed by atoms with van der Waals surface area (Å²) in [6, 6.07) is 11.8. The maximum atomic E-state index is 13.0. The predicted molar refractivity (Wildman–Crippen MR) is 135 cm³/mol. The molecule has 1 atom stereocenters. The smallest absolute Gasteiger partial charge is 0.272 e. The van der Waals surface area contributed by atoms with Crippen molar-refractivity contribution in [3.63, 3.8) is 0 Å². The molecule has 0 bridgehead atoms. The van der Waals surface area contributed by atoms with Crippen LogP contribution in [0.15, 0.2) is 53.6 Å². The van der Waals surface area contributed by atoms with Crippen LogP contribution in [-0.2, 0) is 0 Å². The average Bonchev–Trinajstić information content (AvgIpc) is 3.46. The number of carbonyl (C=O) groups is 1. The van der Waals surface area contributed by atoms with Crippen molar-refractivity contribution >= 4 is 28.0 Å². The van der Waals surface area contributed by atoms with Gasteiger partial charge in [-0.05, 0) is 49.7 Å². The standard InChI is InChI=1S/C27H28N6O3/c34-19-6-7-32(15-19)18-5-8-33-22(14-28-23(33)9-18)26(36)29-17-12-27(13-17)10-16(11-27)24-20-3-1-2-4-21(20)25(35)31-30-24/h1-5,8-9,14,16-17,19,34H,6-7,10-13,15H2,(H,29,36)(H,31,35)/t16?,17?,19-,27?/m1/s1. The Kier molecular flexibility index (Phi) is 4.73. The molecule has 3 aromatic heterocycles. The fraction of sp³-hybridized carbons (Fsp3) is 0.407. The summed E-state index contributed by atoms with van der Waals surface area (Å²) in [5.74, 6) is 0.240. The van der Waals surface area contributed by atoms with E-state index >= 15 is 0 Å². The quantitative estimate of drug-likeness (QED) is 0.410. The molecule has 36 heavy (non-hydrogen) atoms. The van der Waals surface area contributed by atoms with Crippen molar-refractivity contribution in [3.8, 4) is 0 Å². The second-order valence-electron chi connectivity index (χ2n) is 10.8. The molecule has 4 heterocycles. The number of β-amino-alcohol motifs (C(OH)–C–C–N with tert-alkyl or cyclic N) is 1. The van der Waals surface area contributed by atoms with Gasteiger partial charge in [-0.25, -0.2) is 10.1 Å². The van der Waals surface area contributed by atoms with Crippen molar-refractivity contribution in [2.45, 2.75) is 50.2 Å². The number of aliphatic hydroxyl groups excluding tert-OH is 1. The Labute approximate surface area is 207 Å². The highest BCUT2D eigenvalue weighted by Gasteiger charge is 2.54. The molecule has 9 nitrogen and oxygen atoms in total. The van der Waals surface area contributed by atoms with Crippen molar-refractivity contribution < 1.29 is 9.90 Å². The lowest BCUT2D eigenvalue weighted by Crippen LogP contribution is -2.55. The van der Waals surface area contributed by atoms with Crippen LogP contribution in [0.4, 0.5) is 5.69 Å². The summed E-state index contributed by atoms with van der Waals surface area (Å²) < 4.78 is 1.83. The van der Waals surface area contributed by atoms with E-state index in [1.165, 1.54) is 0 Å². The minimum atomic E-state index is -0.286. The molecule has 1 aliphatic heterocycles. The van der Waals surface area contributed by atoms with E-state index < -0.39 is 0 Å². The molecule has 2 saturated carbocycles. The monoisotopic (exact) mass is 484 g/mol. The van der Waals surface area contributed by atoms with Crippen LogP contribution in [0.1, 0.15) is 54.2 Å². The topological polar surface area (TPSA) is 116 Å². The number of carbonyl (C=O) groups excluding carboxylic acids is 1. The number of imidazole rings is 1. The van der Waals surface area contributed by atoms with Crippen molar-refractivity contribution in [2.24, 2.45) is 5.41 Å².